The van der Waals surface area contributed by atoms with E-state index < -0.39 is 12.1 Å². The van der Waals surface area contributed by atoms with Crippen molar-refractivity contribution in [2.75, 3.05) is 13.2 Å². The first-order valence-corrected chi connectivity index (χ1v) is 29.3. The second kappa shape index (κ2) is 54.5. The molecule has 6 heteroatoms. The van der Waals surface area contributed by atoms with Gasteiger partial charge in [-0.1, -0.05) is 296 Å². The molecule has 0 heterocycles. The normalized spacial score (nSPS) is 12.5. The minimum Gasteiger partial charge on any atom is -0.466 e. The van der Waals surface area contributed by atoms with Gasteiger partial charge in [-0.05, 0) is 25.7 Å². The summed E-state index contributed by atoms with van der Waals surface area (Å²) in [7, 11) is 0. The van der Waals surface area contributed by atoms with Crippen molar-refractivity contribution in [2.45, 2.75) is 347 Å². The molecule has 0 saturated heterocycles. The molecule has 0 spiro atoms. The molecule has 0 aromatic rings. The first-order valence-electron chi connectivity index (χ1n) is 29.3. The lowest BCUT2D eigenvalue weighted by Crippen LogP contribution is -2.45. The quantitative estimate of drug-likeness (QED) is 0.0417. The summed E-state index contributed by atoms with van der Waals surface area (Å²) >= 11 is 0. The number of hydrogen-bond donors (Lipinski definition) is 3. The van der Waals surface area contributed by atoms with Gasteiger partial charge in [0.05, 0.1) is 25.4 Å². The van der Waals surface area contributed by atoms with Crippen LogP contribution in [0.15, 0.2) is 0 Å². The molecule has 0 aliphatic heterocycles. The van der Waals surface area contributed by atoms with Crippen LogP contribution in [-0.2, 0) is 14.3 Å². The number of unbranched alkanes of at least 4 members (excludes halogenated alkanes) is 44. The van der Waals surface area contributed by atoms with Gasteiger partial charge in [0.25, 0.3) is 0 Å². The summed E-state index contributed by atoms with van der Waals surface area (Å²) in [6.07, 6.45) is 62.3. The van der Waals surface area contributed by atoms with Crippen molar-refractivity contribution in [1.82, 2.24) is 5.32 Å². The van der Waals surface area contributed by atoms with Crippen LogP contribution < -0.4 is 5.32 Å². The fraction of sp³-hybridized carbons (Fsp3) is 0.966. The Balaban J connectivity index is 3.40. The predicted molar refractivity (Wildman–Crippen MR) is 278 cm³/mol. The largest absolute Gasteiger partial charge is 0.466 e. The molecule has 0 fully saturated rings. The van der Waals surface area contributed by atoms with Crippen molar-refractivity contribution in [3.63, 3.8) is 0 Å². The molecule has 0 rings (SSSR count). The Morgan fingerprint density at radius 1 is 0.375 bits per heavy atom. The topological polar surface area (TPSA) is 95.9 Å². The number of carbonyl (C=O) groups is 2. The Bertz CT molecular complexity index is 913. The summed E-state index contributed by atoms with van der Waals surface area (Å²) in [4.78, 5) is 24.6. The van der Waals surface area contributed by atoms with Crippen LogP contribution in [0, 0.1) is 0 Å². The maximum absolute atomic E-state index is 12.5. The Labute approximate surface area is 400 Å². The molecular formula is C58H115NO5. The molecular weight excluding hydrogens is 791 g/mol. The number of rotatable bonds is 55. The van der Waals surface area contributed by atoms with Crippen molar-refractivity contribution in [1.29, 1.82) is 0 Å². The van der Waals surface area contributed by atoms with E-state index in [1.165, 1.54) is 250 Å². The zero-order chi connectivity index (χ0) is 46.5. The SMILES string of the molecule is CCCCCCCCCCCCCCCCCCCCC(=O)OCCCCCCCCCCCCCCCCC(=O)NC(CO)C(O)CCCCCCCCCCCCCCCCC. The average molecular weight is 907 g/mol. The Morgan fingerprint density at radius 2 is 0.641 bits per heavy atom. The molecule has 0 radical (unpaired) electrons. The zero-order valence-corrected chi connectivity index (χ0v) is 43.5. The van der Waals surface area contributed by atoms with Gasteiger partial charge in [-0.25, -0.2) is 0 Å². The lowest BCUT2D eigenvalue weighted by molar-refractivity contribution is -0.143. The molecule has 64 heavy (non-hydrogen) atoms. The molecule has 1 amide bonds. The van der Waals surface area contributed by atoms with Crippen LogP contribution in [0.3, 0.4) is 0 Å². The van der Waals surface area contributed by atoms with E-state index in [0.717, 1.165) is 51.4 Å². The van der Waals surface area contributed by atoms with E-state index in [9.17, 15) is 19.8 Å². The van der Waals surface area contributed by atoms with Crippen LogP contribution >= 0.6 is 0 Å². The fourth-order valence-electron chi connectivity index (χ4n) is 9.41. The number of carbonyl (C=O) groups excluding carboxylic acids is 2. The van der Waals surface area contributed by atoms with Crippen molar-refractivity contribution in [3.05, 3.63) is 0 Å². The van der Waals surface area contributed by atoms with Gasteiger partial charge < -0.3 is 20.3 Å². The van der Waals surface area contributed by atoms with Crippen LogP contribution in [-0.4, -0.2) is 47.4 Å². The van der Waals surface area contributed by atoms with E-state index in [0.29, 0.717) is 25.9 Å². The predicted octanol–water partition coefficient (Wildman–Crippen LogP) is 17.9. The van der Waals surface area contributed by atoms with E-state index in [4.69, 9.17) is 4.74 Å². The van der Waals surface area contributed by atoms with Crippen LogP contribution in [0.2, 0.25) is 0 Å². The third-order valence-corrected chi connectivity index (χ3v) is 13.9. The van der Waals surface area contributed by atoms with E-state index in [-0.39, 0.29) is 18.5 Å². The van der Waals surface area contributed by atoms with Gasteiger partial charge in [0, 0.05) is 12.8 Å². The maximum Gasteiger partial charge on any atom is 0.305 e. The van der Waals surface area contributed by atoms with Crippen LogP contribution in [0.5, 0.6) is 0 Å². The molecule has 0 saturated carbocycles. The van der Waals surface area contributed by atoms with E-state index in [2.05, 4.69) is 19.2 Å². The first kappa shape index (κ1) is 62.9. The van der Waals surface area contributed by atoms with Gasteiger partial charge in [-0.15, -0.1) is 0 Å². The molecule has 0 aromatic heterocycles. The number of esters is 1. The number of hydrogen-bond acceptors (Lipinski definition) is 5. The Morgan fingerprint density at radius 3 is 0.953 bits per heavy atom. The molecule has 0 aromatic carbocycles. The minimum atomic E-state index is -0.670. The molecule has 6 nitrogen and oxygen atoms in total. The van der Waals surface area contributed by atoms with Gasteiger partial charge in [0.1, 0.15) is 0 Å². The van der Waals surface area contributed by atoms with Crippen molar-refractivity contribution >= 4 is 11.9 Å². The molecule has 2 atom stereocenters. The minimum absolute atomic E-state index is 0.00327. The summed E-state index contributed by atoms with van der Waals surface area (Å²) in [5.41, 5.74) is 0. The third-order valence-electron chi connectivity index (χ3n) is 13.9. The summed E-state index contributed by atoms with van der Waals surface area (Å²) in [6.45, 7) is 4.96. The van der Waals surface area contributed by atoms with E-state index in [1.807, 2.05) is 0 Å². The second-order valence-corrected chi connectivity index (χ2v) is 20.3. The Hall–Kier alpha value is -1.14. The summed E-state index contributed by atoms with van der Waals surface area (Å²) in [5, 5.41) is 23.3. The summed E-state index contributed by atoms with van der Waals surface area (Å²) in [5.74, 6) is -0.0391. The lowest BCUT2D eigenvalue weighted by Gasteiger charge is -2.22. The van der Waals surface area contributed by atoms with Crippen LogP contribution in [0.25, 0.3) is 0 Å². The number of aliphatic hydroxyl groups is 2. The van der Waals surface area contributed by atoms with E-state index in [1.54, 1.807) is 0 Å². The molecule has 0 aliphatic carbocycles. The molecule has 3 N–H and O–H groups in total. The second-order valence-electron chi connectivity index (χ2n) is 20.3. The lowest BCUT2D eigenvalue weighted by atomic mass is 10.0. The van der Waals surface area contributed by atoms with Crippen LogP contribution in [0.4, 0.5) is 0 Å². The number of nitrogens with one attached hydrogen (secondary N) is 1. The zero-order valence-electron chi connectivity index (χ0n) is 43.5. The molecule has 382 valence electrons. The van der Waals surface area contributed by atoms with Crippen molar-refractivity contribution < 1.29 is 24.5 Å². The maximum atomic E-state index is 12.5. The summed E-state index contributed by atoms with van der Waals surface area (Å²) in [6, 6.07) is -0.548. The van der Waals surface area contributed by atoms with Gasteiger partial charge in [-0.3, -0.25) is 9.59 Å². The first-order chi connectivity index (χ1) is 31.5. The van der Waals surface area contributed by atoms with Crippen molar-refractivity contribution in [3.8, 4) is 0 Å². The van der Waals surface area contributed by atoms with Gasteiger partial charge in [0.15, 0.2) is 0 Å². The van der Waals surface area contributed by atoms with Crippen LogP contribution in [0.1, 0.15) is 335 Å². The summed E-state index contributed by atoms with van der Waals surface area (Å²) < 4.78 is 5.49. The standard InChI is InChI=1S/C58H115NO5/c1-3-5-7-9-11-13-15-17-19-20-21-23-28-32-36-40-44-48-52-58(63)64-53-49-45-41-37-33-29-25-24-27-31-35-39-43-47-51-57(62)59-55(54-60)56(61)50-46-42-38-34-30-26-22-18-16-14-12-10-8-6-4-2/h55-56,60-61H,3-54H2,1-2H3,(H,59,62). The highest BCUT2D eigenvalue weighted by molar-refractivity contribution is 5.76. The number of ether oxygens (including phenoxy) is 1. The monoisotopic (exact) mass is 906 g/mol. The van der Waals surface area contributed by atoms with E-state index >= 15 is 0 Å². The molecule has 2 unspecified atom stereocenters. The fourth-order valence-corrected chi connectivity index (χ4v) is 9.41. The smallest absolute Gasteiger partial charge is 0.305 e. The highest BCUT2D eigenvalue weighted by Crippen LogP contribution is 2.18. The number of aliphatic hydroxyl groups excluding tert-OH is 2. The highest BCUT2D eigenvalue weighted by atomic mass is 16.5. The molecule has 0 bridgehead atoms. The van der Waals surface area contributed by atoms with Gasteiger partial charge in [0.2, 0.25) is 5.91 Å². The number of amides is 1. The highest BCUT2D eigenvalue weighted by Gasteiger charge is 2.20. The van der Waals surface area contributed by atoms with Gasteiger partial charge >= 0.3 is 5.97 Å². The van der Waals surface area contributed by atoms with Gasteiger partial charge in [-0.2, -0.15) is 0 Å². The third kappa shape index (κ3) is 50.3. The molecule has 0 aliphatic rings. The van der Waals surface area contributed by atoms with Crippen molar-refractivity contribution in [2.24, 2.45) is 0 Å². The average Bonchev–Trinajstić information content (AvgIpc) is 3.29. The Kier molecular flexibility index (Phi) is 53.5.